The van der Waals surface area contributed by atoms with Crippen LogP contribution in [-0.2, 0) is 9.47 Å². The molecule has 7 nitrogen and oxygen atoms in total. The minimum atomic E-state index is -0.357. The second-order valence-corrected chi connectivity index (χ2v) is 8.20. The van der Waals surface area contributed by atoms with Gasteiger partial charge in [0.2, 0.25) is 4.96 Å². The van der Waals surface area contributed by atoms with Crippen LogP contribution in [0.15, 0.2) is 54.7 Å². The molecule has 4 rings (SSSR count). The normalized spacial score (nSPS) is 11.1. The number of benzene rings is 2. The fraction of sp³-hybridized carbons (Fsp3) is 0.292. The number of esters is 1. The maximum Gasteiger partial charge on any atom is 0.337 e. The van der Waals surface area contributed by atoms with Crippen molar-refractivity contribution in [2.45, 2.75) is 19.3 Å². The predicted octanol–water partition coefficient (Wildman–Crippen LogP) is 5.11. The van der Waals surface area contributed by atoms with E-state index in [0.29, 0.717) is 12.2 Å². The molecular weight excluding hydrogens is 426 g/mol. The van der Waals surface area contributed by atoms with Gasteiger partial charge in [-0.3, -0.25) is 0 Å². The molecule has 0 radical (unpaired) electrons. The van der Waals surface area contributed by atoms with Crippen LogP contribution in [0.4, 0.5) is 0 Å². The second-order valence-electron chi connectivity index (χ2n) is 7.24. The molecule has 0 unspecified atom stereocenters. The summed E-state index contributed by atoms with van der Waals surface area (Å²) in [7, 11) is 3.10. The zero-order valence-corrected chi connectivity index (χ0v) is 18.9. The molecule has 0 aliphatic heterocycles. The average Bonchev–Trinajstić information content (AvgIpc) is 3.42. The number of fused-ring (bicyclic) bond motifs is 1. The Morgan fingerprint density at radius 2 is 1.66 bits per heavy atom. The van der Waals surface area contributed by atoms with Crippen molar-refractivity contribution in [3.05, 3.63) is 60.3 Å². The van der Waals surface area contributed by atoms with E-state index in [9.17, 15) is 4.79 Å². The van der Waals surface area contributed by atoms with Crippen LogP contribution in [0.3, 0.4) is 0 Å². The monoisotopic (exact) mass is 451 g/mol. The number of hydrogen-bond donors (Lipinski definition) is 0. The number of nitrogens with zero attached hydrogens (tertiary/aromatic N) is 3. The first-order chi connectivity index (χ1) is 15.7. The molecule has 0 amide bonds. The van der Waals surface area contributed by atoms with Crippen molar-refractivity contribution in [1.82, 2.24) is 14.6 Å². The Kier molecular flexibility index (Phi) is 7.14. The van der Waals surface area contributed by atoms with Crippen LogP contribution >= 0.6 is 11.3 Å². The van der Waals surface area contributed by atoms with Crippen LogP contribution in [0, 0.1) is 0 Å². The van der Waals surface area contributed by atoms with Crippen LogP contribution in [0.2, 0.25) is 0 Å². The van der Waals surface area contributed by atoms with E-state index in [2.05, 4.69) is 4.98 Å². The first-order valence-electron chi connectivity index (χ1n) is 10.4. The van der Waals surface area contributed by atoms with Crippen LogP contribution in [-0.4, -0.2) is 48.0 Å². The molecule has 32 heavy (non-hydrogen) atoms. The Hall–Kier alpha value is -3.23. The summed E-state index contributed by atoms with van der Waals surface area (Å²) in [6.45, 7) is 1.50. The van der Waals surface area contributed by atoms with Crippen LogP contribution < -0.4 is 4.74 Å². The smallest absolute Gasteiger partial charge is 0.337 e. The van der Waals surface area contributed by atoms with E-state index in [1.54, 1.807) is 25.4 Å². The summed E-state index contributed by atoms with van der Waals surface area (Å²) in [5, 5.41) is 5.64. The first kappa shape index (κ1) is 22.0. The van der Waals surface area contributed by atoms with Gasteiger partial charge in [-0.1, -0.05) is 23.5 Å². The van der Waals surface area contributed by atoms with E-state index in [1.807, 2.05) is 40.9 Å². The van der Waals surface area contributed by atoms with Gasteiger partial charge in [-0.25, -0.2) is 14.3 Å². The van der Waals surface area contributed by atoms with Gasteiger partial charge in [-0.05, 0) is 55.7 Å². The number of carbonyl (C=O) groups is 1. The van der Waals surface area contributed by atoms with Crippen molar-refractivity contribution >= 4 is 22.3 Å². The summed E-state index contributed by atoms with van der Waals surface area (Å²) < 4.78 is 17.5. The van der Waals surface area contributed by atoms with Gasteiger partial charge in [0.25, 0.3) is 0 Å². The number of imidazole rings is 1. The van der Waals surface area contributed by atoms with Gasteiger partial charge in [0.05, 0.1) is 31.2 Å². The zero-order chi connectivity index (χ0) is 22.3. The molecular formula is C24H25N3O4S. The SMILES string of the molecule is COCCCCCOc1ccc(-c2nn3c(-c4ccc(C(=O)OC)cc4)cnc3s2)cc1. The van der Waals surface area contributed by atoms with Gasteiger partial charge in [0, 0.05) is 24.8 Å². The third-order valence-corrected chi connectivity index (χ3v) is 6.02. The van der Waals surface area contributed by atoms with Crippen molar-refractivity contribution < 1.29 is 19.0 Å². The molecule has 0 saturated carbocycles. The molecule has 0 bridgehead atoms. The Labute approximate surface area is 190 Å². The van der Waals surface area contributed by atoms with E-state index in [-0.39, 0.29) is 5.97 Å². The van der Waals surface area contributed by atoms with Crippen LogP contribution in [0.5, 0.6) is 5.75 Å². The Bertz CT molecular complexity index is 1170. The molecule has 0 atom stereocenters. The summed E-state index contributed by atoms with van der Waals surface area (Å²) >= 11 is 1.53. The molecule has 8 heteroatoms. The number of ether oxygens (including phenoxy) is 3. The lowest BCUT2D eigenvalue weighted by atomic mass is 10.1. The first-order valence-corrected chi connectivity index (χ1v) is 11.3. The molecule has 0 saturated heterocycles. The zero-order valence-electron chi connectivity index (χ0n) is 18.1. The Morgan fingerprint density at radius 3 is 2.38 bits per heavy atom. The number of carbonyl (C=O) groups excluding carboxylic acids is 1. The molecule has 166 valence electrons. The summed E-state index contributed by atoms with van der Waals surface area (Å²) in [6.07, 6.45) is 4.96. The quantitative estimate of drug-likeness (QED) is 0.246. The third-order valence-electron chi connectivity index (χ3n) is 5.05. The maximum atomic E-state index is 11.7. The molecule has 0 N–H and O–H groups in total. The number of unbranched alkanes of at least 4 members (excludes halogenated alkanes) is 2. The fourth-order valence-electron chi connectivity index (χ4n) is 3.31. The number of hydrogen-bond acceptors (Lipinski definition) is 7. The van der Waals surface area contributed by atoms with Gasteiger partial charge in [0.15, 0.2) is 0 Å². The number of aromatic nitrogens is 3. The summed E-state index contributed by atoms with van der Waals surface area (Å²) in [4.78, 5) is 17.0. The van der Waals surface area contributed by atoms with Crippen LogP contribution in [0.1, 0.15) is 29.6 Å². The lowest BCUT2D eigenvalue weighted by Crippen LogP contribution is -2.00. The fourth-order valence-corrected chi connectivity index (χ4v) is 4.19. The van der Waals surface area contributed by atoms with Gasteiger partial charge in [0.1, 0.15) is 10.8 Å². The second kappa shape index (κ2) is 10.4. The molecule has 0 aliphatic carbocycles. The van der Waals surface area contributed by atoms with Gasteiger partial charge in [-0.15, -0.1) is 0 Å². The highest BCUT2D eigenvalue weighted by Gasteiger charge is 2.14. The third kappa shape index (κ3) is 4.98. The summed E-state index contributed by atoms with van der Waals surface area (Å²) in [5.41, 5.74) is 3.32. The van der Waals surface area contributed by atoms with E-state index in [0.717, 1.165) is 58.4 Å². The van der Waals surface area contributed by atoms with Crippen molar-refractivity contribution in [3.63, 3.8) is 0 Å². The Balaban J connectivity index is 1.44. The van der Waals surface area contributed by atoms with Crippen LogP contribution in [0.25, 0.3) is 26.8 Å². The van der Waals surface area contributed by atoms with E-state index >= 15 is 0 Å². The van der Waals surface area contributed by atoms with Crippen molar-refractivity contribution in [2.75, 3.05) is 27.4 Å². The van der Waals surface area contributed by atoms with Crippen molar-refractivity contribution in [1.29, 1.82) is 0 Å². The lowest BCUT2D eigenvalue weighted by Gasteiger charge is -2.06. The average molecular weight is 452 g/mol. The van der Waals surface area contributed by atoms with Gasteiger partial charge in [-0.2, -0.15) is 5.10 Å². The van der Waals surface area contributed by atoms with Crippen molar-refractivity contribution in [2.24, 2.45) is 0 Å². The number of rotatable bonds is 10. The van der Waals surface area contributed by atoms with Gasteiger partial charge < -0.3 is 14.2 Å². The van der Waals surface area contributed by atoms with Gasteiger partial charge >= 0.3 is 5.97 Å². The molecule has 4 aromatic rings. The highest BCUT2D eigenvalue weighted by atomic mass is 32.1. The maximum absolute atomic E-state index is 11.7. The standard InChI is InChI=1S/C24H25N3O4S/c1-29-14-4-3-5-15-31-20-12-10-18(11-13-20)22-26-27-21(16-25-24(27)32-22)17-6-8-19(9-7-17)23(28)30-2/h6-13,16H,3-5,14-15H2,1-2H3. The number of methoxy groups -OCH3 is 2. The summed E-state index contributed by atoms with van der Waals surface area (Å²) in [6, 6.07) is 15.2. The largest absolute Gasteiger partial charge is 0.494 e. The molecule has 2 heterocycles. The minimum Gasteiger partial charge on any atom is -0.494 e. The molecule has 0 fully saturated rings. The predicted molar refractivity (Wildman–Crippen MR) is 124 cm³/mol. The summed E-state index contributed by atoms with van der Waals surface area (Å²) in [5.74, 6) is 0.498. The highest BCUT2D eigenvalue weighted by molar-refractivity contribution is 7.19. The van der Waals surface area contributed by atoms with E-state index in [4.69, 9.17) is 19.3 Å². The molecule has 0 spiro atoms. The molecule has 0 aliphatic rings. The van der Waals surface area contributed by atoms with E-state index < -0.39 is 0 Å². The molecule has 2 aromatic carbocycles. The highest BCUT2D eigenvalue weighted by Crippen LogP contribution is 2.30. The van der Waals surface area contributed by atoms with E-state index in [1.165, 1.54) is 18.4 Å². The molecule has 2 aromatic heterocycles. The minimum absolute atomic E-state index is 0.357. The Morgan fingerprint density at radius 1 is 0.938 bits per heavy atom. The lowest BCUT2D eigenvalue weighted by molar-refractivity contribution is 0.0600. The topological polar surface area (TPSA) is 75.0 Å². The van der Waals surface area contributed by atoms with Crippen molar-refractivity contribution in [3.8, 4) is 27.6 Å².